The molecule has 0 unspecified atom stereocenters. The molecule has 6 nitrogen and oxygen atoms in total. The summed E-state index contributed by atoms with van der Waals surface area (Å²) < 4.78 is 7.07. The fourth-order valence-electron chi connectivity index (χ4n) is 2.60. The molecule has 4 rings (SSSR count). The molecule has 27 heavy (non-hydrogen) atoms. The number of hydrogen-bond donors (Lipinski definition) is 0. The van der Waals surface area contributed by atoms with Gasteiger partial charge in [0.25, 0.3) is 0 Å². The number of benzene rings is 2. The summed E-state index contributed by atoms with van der Waals surface area (Å²) in [4.78, 5) is 20.7. The molecule has 0 aliphatic rings. The first-order chi connectivity index (χ1) is 13.3. The number of esters is 1. The van der Waals surface area contributed by atoms with Crippen LogP contribution in [0, 0.1) is 0 Å². The van der Waals surface area contributed by atoms with E-state index >= 15 is 0 Å². The first kappa shape index (κ1) is 17.2. The molecule has 0 spiro atoms. The normalized spacial score (nSPS) is 10.8. The number of aromatic nitrogens is 4. The molecule has 0 amide bonds. The third-order valence-electron chi connectivity index (χ3n) is 3.90. The quantitative estimate of drug-likeness (QED) is 0.291. The molecule has 4 aromatic rings. The monoisotopic (exact) mass is 376 g/mol. The molecule has 0 saturated carbocycles. The summed E-state index contributed by atoms with van der Waals surface area (Å²) in [5, 5.41) is 5.93. The fourth-order valence-corrected chi connectivity index (χ4v) is 3.36. The Balaban J connectivity index is 1.45. The lowest BCUT2D eigenvalue weighted by Gasteiger charge is -2.05. The smallest absolute Gasteiger partial charge is 0.316 e. The number of nitrogens with zero attached hydrogens (tertiary/aromatic N) is 4. The van der Waals surface area contributed by atoms with Gasteiger partial charge in [-0.1, -0.05) is 60.3 Å². The molecule has 0 radical (unpaired) electrons. The van der Waals surface area contributed by atoms with Crippen molar-refractivity contribution in [2.45, 2.75) is 11.6 Å². The maximum absolute atomic E-state index is 12.0. The van der Waals surface area contributed by atoms with Gasteiger partial charge in [0.2, 0.25) is 0 Å². The van der Waals surface area contributed by atoms with Crippen molar-refractivity contribution in [3.8, 4) is 5.69 Å². The second-order valence-corrected chi connectivity index (χ2v) is 6.71. The number of carbonyl (C=O) groups excluding carboxylic acids is 1. The Kier molecular flexibility index (Phi) is 5.11. The van der Waals surface area contributed by atoms with Crippen molar-refractivity contribution in [1.82, 2.24) is 19.7 Å². The summed E-state index contributed by atoms with van der Waals surface area (Å²) in [6.07, 6.45) is 3.21. The van der Waals surface area contributed by atoms with Crippen LogP contribution in [0.1, 0.15) is 5.56 Å². The second kappa shape index (κ2) is 8.01. The van der Waals surface area contributed by atoms with E-state index in [4.69, 9.17) is 4.74 Å². The van der Waals surface area contributed by atoms with Gasteiger partial charge in [0.05, 0.1) is 23.0 Å². The topological polar surface area (TPSA) is 69.9 Å². The highest BCUT2D eigenvalue weighted by molar-refractivity contribution is 8.00. The molecule has 2 heterocycles. The Morgan fingerprint density at radius 1 is 1.00 bits per heavy atom. The van der Waals surface area contributed by atoms with Crippen LogP contribution in [0.3, 0.4) is 0 Å². The lowest BCUT2D eigenvalue weighted by atomic mass is 10.2. The minimum absolute atomic E-state index is 0.176. The number of ether oxygens (including phenoxy) is 1. The van der Waals surface area contributed by atoms with E-state index in [9.17, 15) is 4.79 Å². The van der Waals surface area contributed by atoms with E-state index in [2.05, 4.69) is 15.1 Å². The molecular weight excluding hydrogens is 360 g/mol. The second-order valence-electron chi connectivity index (χ2n) is 5.74. The van der Waals surface area contributed by atoms with Crippen LogP contribution in [0.2, 0.25) is 0 Å². The van der Waals surface area contributed by atoms with Gasteiger partial charge < -0.3 is 4.74 Å². The van der Waals surface area contributed by atoms with Crippen molar-refractivity contribution in [1.29, 1.82) is 0 Å². The van der Waals surface area contributed by atoms with E-state index in [1.807, 2.05) is 60.7 Å². The van der Waals surface area contributed by atoms with Crippen LogP contribution in [0.4, 0.5) is 0 Å². The zero-order valence-electron chi connectivity index (χ0n) is 14.4. The highest BCUT2D eigenvalue weighted by Gasteiger charge is 2.13. The van der Waals surface area contributed by atoms with Crippen LogP contribution in [-0.4, -0.2) is 31.5 Å². The van der Waals surface area contributed by atoms with Crippen molar-refractivity contribution in [2.75, 3.05) is 5.75 Å². The third-order valence-corrected chi connectivity index (χ3v) is 4.88. The molecule has 0 fully saturated rings. The van der Waals surface area contributed by atoms with Gasteiger partial charge in [-0.15, -0.1) is 0 Å². The Labute approximate surface area is 160 Å². The Hall–Kier alpha value is -3.19. The summed E-state index contributed by atoms with van der Waals surface area (Å²) in [5.74, 6) is -0.110. The number of carbonyl (C=O) groups is 1. The van der Waals surface area contributed by atoms with E-state index in [-0.39, 0.29) is 18.3 Å². The van der Waals surface area contributed by atoms with Gasteiger partial charge in [-0.2, -0.15) is 5.10 Å². The van der Waals surface area contributed by atoms with E-state index in [0.29, 0.717) is 10.7 Å². The summed E-state index contributed by atoms with van der Waals surface area (Å²) >= 11 is 1.32. The van der Waals surface area contributed by atoms with Gasteiger partial charge in [-0.3, -0.25) is 4.79 Å². The van der Waals surface area contributed by atoms with Gasteiger partial charge in [-0.05, 0) is 17.7 Å². The SMILES string of the molecule is O=C(CSc1ncnc2c1cnn2-c1ccccc1)OCc1ccccc1. The third kappa shape index (κ3) is 3.98. The van der Waals surface area contributed by atoms with Gasteiger partial charge in [-0.25, -0.2) is 14.6 Å². The zero-order chi connectivity index (χ0) is 18.5. The predicted octanol–water partition coefficient (Wildman–Crippen LogP) is 3.65. The Bertz CT molecular complexity index is 1050. The molecule has 0 aliphatic heterocycles. The molecule has 0 N–H and O–H groups in total. The largest absolute Gasteiger partial charge is 0.460 e. The predicted molar refractivity (Wildman–Crippen MR) is 104 cm³/mol. The maximum atomic E-state index is 12.0. The van der Waals surface area contributed by atoms with Crippen LogP contribution >= 0.6 is 11.8 Å². The lowest BCUT2D eigenvalue weighted by Crippen LogP contribution is -2.07. The van der Waals surface area contributed by atoms with Crippen molar-refractivity contribution in [2.24, 2.45) is 0 Å². The lowest BCUT2D eigenvalue weighted by molar-refractivity contribution is -0.141. The van der Waals surface area contributed by atoms with Crippen LogP contribution in [0.15, 0.2) is 78.2 Å². The molecule has 2 aromatic heterocycles. The Morgan fingerprint density at radius 2 is 1.74 bits per heavy atom. The summed E-state index contributed by atoms with van der Waals surface area (Å²) in [6, 6.07) is 19.4. The molecular formula is C20H16N4O2S. The van der Waals surface area contributed by atoms with Crippen LogP contribution in [-0.2, 0) is 16.1 Å². The van der Waals surface area contributed by atoms with Gasteiger partial charge in [0, 0.05) is 0 Å². The van der Waals surface area contributed by atoms with Gasteiger partial charge in [0.15, 0.2) is 5.65 Å². The van der Waals surface area contributed by atoms with Crippen LogP contribution < -0.4 is 0 Å². The summed E-state index contributed by atoms with van der Waals surface area (Å²) in [6.45, 7) is 0.269. The standard InChI is InChI=1S/C20H16N4O2S/c25-18(26-12-15-7-3-1-4-8-15)13-27-20-17-11-23-24(19(17)21-14-22-20)16-9-5-2-6-10-16/h1-11,14H,12-13H2. The highest BCUT2D eigenvalue weighted by atomic mass is 32.2. The van der Waals surface area contributed by atoms with E-state index in [1.165, 1.54) is 18.1 Å². The highest BCUT2D eigenvalue weighted by Crippen LogP contribution is 2.25. The van der Waals surface area contributed by atoms with Crippen molar-refractivity contribution >= 4 is 28.8 Å². The van der Waals surface area contributed by atoms with Crippen molar-refractivity contribution in [3.63, 3.8) is 0 Å². The summed E-state index contributed by atoms with van der Waals surface area (Å²) in [5.41, 5.74) is 2.59. The van der Waals surface area contributed by atoms with E-state index < -0.39 is 0 Å². The molecule has 2 aromatic carbocycles. The minimum Gasteiger partial charge on any atom is -0.460 e. The van der Waals surface area contributed by atoms with Gasteiger partial charge >= 0.3 is 5.97 Å². The number of fused-ring (bicyclic) bond motifs is 1. The summed E-state index contributed by atoms with van der Waals surface area (Å²) in [7, 11) is 0. The number of hydrogen-bond acceptors (Lipinski definition) is 6. The number of thioether (sulfide) groups is 1. The zero-order valence-corrected chi connectivity index (χ0v) is 15.2. The van der Waals surface area contributed by atoms with Crippen LogP contribution in [0.25, 0.3) is 16.7 Å². The van der Waals surface area contributed by atoms with E-state index in [0.717, 1.165) is 16.6 Å². The number of para-hydroxylation sites is 1. The average Bonchev–Trinajstić information content (AvgIpc) is 3.17. The van der Waals surface area contributed by atoms with Crippen LogP contribution in [0.5, 0.6) is 0 Å². The molecule has 0 bridgehead atoms. The average molecular weight is 376 g/mol. The molecule has 0 atom stereocenters. The minimum atomic E-state index is -0.286. The fraction of sp³-hybridized carbons (Fsp3) is 0.100. The maximum Gasteiger partial charge on any atom is 0.316 e. The number of rotatable bonds is 6. The van der Waals surface area contributed by atoms with Crippen molar-refractivity contribution in [3.05, 3.63) is 78.8 Å². The molecule has 0 aliphatic carbocycles. The van der Waals surface area contributed by atoms with Gasteiger partial charge in [0.1, 0.15) is 18.0 Å². The first-order valence-corrected chi connectivity index (χ1v) is 9.36. The van der Waals surface area contributed by atoms with Crippen molar-refractivity contribution < 1.29 is 9.53 Å². The van der Waals surface area contributed by atoms with E-state index in [1.54, 1.807) is 10.9 Å². The Morgan fingerprint density at radius 3 is 2.52 bits per heavy atom. The molecule has 7 heteroatoms. The first-order valence-electron chi connectivity index (χ1n) is 8.38. The molecule has 134 valence electrons. The molecule has 0 saturated heterocycles.